The van der Waals surface area contributed by atoms with E-state index in [9.17, 15) is 9.18 Å². The van der Waals surface area contributed by atoms with Gasteiger partial charge in [0, 0.05) is 17.4 Å². The molecule has 1 nitrogen and oxygen atoms in total. The number of alkyl halides is 1. The van der Waals surface area contributed by atoms with E-state index in [0.717, 1.165) is 0 Å². The summed E-state index contributed by atoms with van der Waals surface area (Å²) in [4.78, 5) is 11.5. The Labute approximate surface area is 81.5 Å². The fraction of sp³-hybridized carbons (Fsp3) is 0.300. The summed E-state index contributed by atoms with van der Waals surface area (Å²) in [7, 11) is 0. The first kappa shape index (κ1) is 10.2. The molecule has 0 heterocycles. The van der Waals surface area contributed by atoms with Crippen LogP contribution in [0.3, 0.4) is 0 Å². The zero-order valence-electron chi connectivity index (χ0n) is 7.26. The molecule has 0 aliphatic rings. The fourth-order valence-corrected chi connectivity index (χ4v) is 1.11. The maximum Gasteiger partial charge on any atom is 0.166 e. The predicted octanol–water partition coefficient (Wildman–Crippen LogP) is 2.88. The highest BCUT2D eigenvalue weighted by molar-refractivity contribution is 6.20. The van der Waals surface area contributed by atoms with Gasteiger partial charge in [-0.05, 0) is 24.3 Å². The molecule has 1 atom stereocenters. The number of hydrogen-bond donors (Lipinski definition) is 0. The molecule has 0 aliphatic heterocycles. The van der Waals surface area contributed by atoms with Crippen LogP contribution in [-0.4, -0.2) is 11.7 Å². The van der Waals surface area contributed by atoms with Gasteiger partial charge < -0.3 is 0 Å². The molecule has 13 heavy (non-hydrogen) atoms. The van der Waals surface area contributed by atoms with Gasteiger partial charge in [0.2, 0.25) is 0 Å². The molecular weight excluding hydrogens is 191 g/mol. The van der Waals surface area contributed by atoms with Gasteiger partial charge in [0.15, 0.2) is 5.78 Å². The third kappa shape index (κ3) is 2.52. The first-order valence-electron chi connectivity index (χ1n) is 4.01. The van der Waals surface area contributed by atoms with Crippen LogP contribution in [0.15, 0.2) is 24.3 Å². The number of Topliss-reactive ketones (excluding diaryl/α,β-unsaturated/α-hetero) is 1. The average Bonchev–Trinajstić information content (AvgIpc) is 2.17. The van der Waals surface area contributed by atoms with Crippen molar-refractivity contribution in [3.8, 4) is 0 Å². The van der Waals surface area contributed by atoms with Crippen LogP contribution in [0.1, 0.15) is 17.3 Å². The minimum absolute atomic E-state index is 0.0463. The molecule has 0 aromatic heterocycles. The third-order valence-electron chi connectivity index (χ3n) is 1.81. The molecule has 1 aromatic rings. The molecule has 0 bridgehead atoms. The molecule has 0 aliphatic carbocycles. The van der Waals surface area contributed by atoms with E-state index in [1.165, 1.54) is 24.3 Å². The van der Waals surface area contributed by atoms with Crippen LogP contribution < -0.4 is 0 Å². The number of halogens is 2. The number of carbonyl (C=O) groups excluding carboxylic acids is 1. The summed E-state index contributed by atoms with van der Waals surface area (Å²) < 4.78 is 12.5. The van der Waals surface area contributed by atoms with E-state index in [1.54, 1.807) is 6.92 Å². The first-order chi connectivity index (χ1) is 6.15. The summed E-state index contributed by atoms with van der Waals surface area (Å²) in [6.07, 6.45) is 0. The van der Waals surface area contributed by atoms with Crippen LogP contribution in [0, 0.1) is 11.7 Å². The molecule has 0 amide bonds. The number of hydrogen-bond acceptors (Lipinski definition) is 1. The number of ketones is 1. The molecule has 1 aromatic carbocycles. The van der Waals surface area contributed by atoms with Crippen molar-refractivity contribution in [2.24, 2.45) is 5.92 Å². The van der Waals surface area contributed by atoms with Gasteiger partial charge in [0.25, 0.3) is 0 Å². The van der Waals surface area contributed by atoms with Gasteiger partial charge in [-0.2, -0.15) is 0 Å². The summed E-state index contributed by atoms with van der Waals surface area (Å²) >= 11 is 5.53. The minimum Gasteiger partial charge on any atom is -0.294 e. The lowest BCUT2D eigenvalue weighted by Gasteiger charge is -2.05. The standard InChI is InChI=1S/C10H10ClFO/c1-7(6-11)10(13)8-2-4-9(12)5-3-8/h2-5,7H,6H2,1H3. The quantitative estimate of drug-likeness (QED) is 0.542. The van der Waals surface area contributed by atoms with Gasteiger partial charge in [-0.25, -0.2) is 4.39 Å². The smallest absolute Gasteiger partial charge is 0.166 e. The monoisotopic (exact) mass is 200 g/mol. The summed E-state index contributed by atoms with van der Waals surface area (Å²) in [6.45, 7) is 1.75. The molecule has 0 saturated heterocycles. The fourth-order valence-electron chi connectivity index (χ4n) is 0.969. The van der Waals surface area contributed by atoms with Gasteiger partial charge in [0.05, 0.1) is 0 Å². The normalized spacial score (nSPS) is 12.5. The van der Waals surface area contributed by atoms with E-state index in [1.807, 2.05) is 0 Å². The van der Waals surface area contributed by atoms with Crippen LogP contribution in [-0.2, 0) is 0 Å². The van der Waals surface area contributed by atoms with Crippen molar-refractivity contribution >= 4 is 17.4 Å². The van der Waals surface area contributed by atoms with Gasteiger partial charge >= 0.3 is 0 Å². The Hall–Kier alpha value is -0.890. The largest absolute Gasteiger partial charge is 0.294 e. The van der Waals surface area contributed by atoms with Crippen LogP contribution in [0.25, 0.3) is 0 Å². The molecular formula is C10H10ClFO. The molecule has 1 rings (SSSR count). The molecule has 70 valence electrons. The number of benzene rings is 1. The zero-order chi connectivity index (χ0) is 9.84. The zero-order valence-corrected chi connectivity index (χ0v) is 8.01. The van der Waals surface area contributed by atoms with E-state index >= 15 is 0 Å². The topological polar surface area (TPSA) is 17.1 Å². The molecule has 1 unspecified atom stereocenters. The highest BCUT2D eigenvalue weighted by atomic mass is 35.5. The van der Waals surface area contributed by atoms with Gasteiger partial charge in [-0.3, -0.25) is 4.79 Å². The maximum atomic E-state index is 12.5. The summed E-state index contributed by atoms with van der Waals surface area (Å²) in [6, 6.07) is 5.49. The Bertz CT molecular complexity index is 294. The lowest BCUT2D eigenvalue weighted by atomic mass is 10.0. The van der Waals surface area contributed by atoms with Crippen molar-refractivity contribution in [1.82, 2.24) is 0 Å². The Morgan fingerprint density at radius 1 is 1.46 bits per heavy atom. The lowest BCUT2D eigenvalue weighted by molar-refractivity contribution is 0.0941. The first-order valence-corrected chi connectivity index (χ1v) is 4.54. The van der Waals surface area contributed by atoms with Crippen LogP contribution in [0.5, 0.6) is 0 Å². The highest BCUT2D eigenvalue weighted by Gasteiger charge is 2.13. The van der Waals surface area contributed by atoms with Crippen molar-refractivity contribution in [2.45, 2.75) is 6.92 Å². The van der Waals surface area contributed by atoms with Crippen LogP contribution >= 0.6 is 11.6 Å². The second-order valence-electron chi connectivity index (χ2n) is 2.93. The predicted molar refractivity (Wildman–Crippen MR) is 50.6 cm³/mol. The maximum absolute atomic E-state index is 12.5. The van der Waals surface area contributed by atoms with Gasteiger partial charge in [-0.15, -0.1) is 11.6 Å². The van der Waals surface area contributed by atoms with E-state index in [0.29, 0.717) is 5.56 Å². The Morgan fingerprint density at radius 3 is 2.46 bits per heavy atom. The second-order valence-corrected chi connectivity index (χ2v) is 3.24. The van der Waals surface area contributed by atoms with Crippen molar-refractivity contribution < 1.29 is 9.18 Å². The molecule has 0 radical (unpaired) electrons. The molecule has 0 saturated carbocycles. The lowest BCUT2D eigenvalue weighted by Crippen LogP contribution is -2.12. The molecule has 0 N–H and O–H groups in total. The Kier molecular flexibility index (Phi) is 3.43. The number of rotatable bonds is 3. The SMILES string of the molecule is CC(CCl)C(=O)c1ccc(F)cc1. The molecule has 0 spiro atoms. The van der Waals surface area contributed by atoms with Crippen molar-refractivity contribution in [3.05, 3.63) is 35.6 Å². The second kappa shape index (κ2) is 4.38. The van der Waals surface area contributed by atoms with E-state index in [-0.39, 0.29) is 23.4 Å². The van der Waals surface area contributed by atoms with E-state index in [2.05, 4.69) is 0 Å². The van der Waals surface area contributed by atoms with Crippen LogP contribution in [0.2, 0.25) is 0 Å². The van der Waals surface area contributed by atoms with E-state index < -0.39 is 0 Å². The highest BCUT2D eigenvalue weighted by Crippen LogP contribution is 2.10. The van der Waals surface area contributed by atoms with Gasteiger partial charge in [0.1, 0.15) is 5.82 Å². The summed E-state index contributed by atoms with van der Waals surface area (Å²) in [5.41, 5.74) is 0.509. The third-order valence-corrected chi connectivity index (χ3v) is 2.27. The average molecular weight is 201 g/mol. The van der Waals surface area contributed by atoms with E-state index in [4.69, 9.17) is 11.6 Å². The van der Waals surface area contributed by atoms with Crippen molar-refractivity contribution in [1.29, 1.82) is 0 Å². The Morgan fingerprint density at radius 2 is 2.00 bits per heavy atom. The van der Waals surface area contributed by atoms with Crippen molar-refractivity contribution in [3.63, 3.8) is 0 Å². The minimum atomic E-state index is -0.338. The molecule has 3 heteroatoms. The summed E-state index contributed by atoms with van der Waals surface area (Å²) in [5, 5.41) is 0. The van der Waals surface area contributed by atoms with Crippen LogP contribution in [0.4, 0.5) is 4.39 Å². The summed E-state index contributed by atoms with van der Waals surface area (Å²) in [5.74, 6) is -0.312. The molecule has 0 fully saturated rings. The van der Waals surface area contributed by atoms with Crippen molar-refractivity contribution in [2.75, 3.05) is 5.88 Å². The number of carbonyl (C=O) groups is 1. The Balaban J connectivity index is 2.83. The van der Waals surface area contributed by atoms with Gasteiger partial charge in [-0.1, -0.05) is 6.92 Å².